The van der Waals surface area contributed by atoms with E-state index in [-0.39, 0.29) is 10.8 Å². The zero-order valence-corrected chi connectivity index (χ0v) is 23.9. The topological polar surface area (TPSA) is 44.2 Å². The van der Waals surface area contributed by atoms with Crippen LogP contribution in [0.1, 0.15) is 36.1 Å². The molecule has 2 aliphatic heterocycles. The summed E-state index contributed by atoms with van der Waals surface area (Å²) in [6.07, 6.45) is 17.7. The molecule has 0 fully saturated rings. The van der Waals surface area contributed by atoms with Gasteiger partial charge in [0.15, 0.2) is 0 Å². The second kappa shape index (κ2) is 9.85. The van der Waals surface area contributed by atoms with Crippen LogP contribution >= 0.6 is 0 Å². The van der Waals surface area contributed by atoms with Crippen molar-refractivity contribution >= 4 is 0 Å². The number of ether oxygens (including phenoxy) is 2. The highest BCUT2D eigenvalue weighted by molar-refractivity contribution is 5.67. The van der Waals surface area contributed by atoms with Crippen molar-refractivity contribution < 1.29 is 9.47 Å². The van der Waals surface area contributed by atoms with E-state index in [9.17, 15) is 0 Å². The highest BCUT2D eigenvalue weighted by Gasteiger charge is 2.50. The molecule has 0 saturated heterocycles. The standard InChI is InChI=1S/C38H32N2O2/c1-5-31-11-7-27-21-25(9-13-35(27)41-31)33-23-29(15-19-39-33)37(3)17-18-38(37,4)30-16-20-40-34(24-30)26-10-14-36-28(22-26)8-12-32(6-2)42-36/h5-6,9-24H,1-2,7-8H2,3-4H3. The monoisotopic (exact) mass is 548 g/mol. The molecule has 0 N–H and O–H groups in total. The zero-order chi connectivity index (χ0) is 28.9. The van der Waals surface area contributed by atoms with Crippen molar-refractivity contribution in [3.8, 4) is 34.0 Å². The van der Waals surface area contributed by atoms with Crippen LogP contribution in [0.25, 0.3) is 22.5 Å². The van der Waals surface area contributed by atoms with Crippen LogP contribution in [0.4, 0.5) is 0 Å². The Morgan fingerprint density at radius 2 is 1.10 bits per heavy atom. The molecule has 0 saturated carbocycles. The lowest BCUT2D eigenvalue weighted by atomic mass is 9.52. The van der Waals surface area contributed by atoms with Crippen molar-refractivity contribution in [2.24, 2.45) is 0 Å². The van der Waals surface area contributed by atoms with Gasteiger partial charge in [-0.3, -0.25) is 9.97 Å². The maximum Gasteiger partial charge on any atom is 0.130 e. The molecule has 2 aromatic carbocycles. The first-order valence-electron chi connectivity index (χ1n) is 14.3. The number of allylic oxidation sites excluding steroid dienone is 6. The van der Waals surface area contributed by atoms with Gasteiger partial charge >= 0.3 is 0 Å². The minimum atomic E-state index is -0.211. The normalized spacial score (nSPS) is 21.9. The lowest BCUT2D eigenvalue weighted by Gasteiger charge is -2.51. The van der Waals surface area contributed by atoms with Crippen molar-refractivity contribution in [3.63, 3.8) is 0 Å². The van der Waals surface area contributed by atoms with Gasteiger partial charge in [-0.05, 0) is 120 Å². The first-order valence-corrected chi connectivity index (χ1v) is 14.3. The first-order chi connectivity index (χ1) is 20.4. The number of aromatic nitrogens is 2. The molecule has 2 atom stereocenters. The van der Waals surface area contributed by atoms with Gasteiger partial charge in [0.05, 0.1) is 11.4 Å². The van der Waals surface area contributed by atoms with E-state index < -0.39 is 0 Å². The quantitative estimate of drug-likeness (QED) is 0.226. The Kier molecular flexibility index (Phi) is 6.09. The molecular weight excluding hydrogens is 516 g/mol. The van der Waals surface area contributed by atoms with Crippen molar-refractivity contribution in [3.05, 3.63) is 156 Å². The molecule has 4 nitrogen and oxygen atoms in total. The van der Waals surface area contributed by atoms with E-state index in [0.717, 1.165) is 69.5 Å². The third kappa shape index (κ3) is 4.14. The van der Waals surface area contributed by atoms with E-state index in [2.05, 4.69) is 99.8 Å². The van der Waals surface area contributed by atoms with Crippen molar-refractivity contribution in [1.82, 2.24) is 9.97 Å². The summed E-state index contributed by atoms with van der Waals surface area (Å²) in [6, 6.07) is 21.3. The van der Waals surface area contributed by atoms with Gasteiger partial charge < -0.3 is 9.47 Å². The molecule has 206 valence electrons. The average Bonchev–Trinajstić information content (AvgIpc) is 3.06. The fourth-order valence-electron chi connectivity index (χ4n) is 6.20. The fraction of sp³-hybridized carbons (Fsp3) is 0.158. The van der Waals surface area contributed by atoms with Crippen LogP contribution in [0.5, 0.6) is 11.5 Å². The third-order valence-corrected chi connectivity index (χ3v) is 9.16. The Bertz CT molecular complexity index is 1730. The molecule has 2 unspecified atom stereocenters. The van der Waals surface area contributed by atoms with Crippen LogP contribution in [0, 0.1) is 0 Å². The smallest absolute Gasteiger partial charge is 0.130 e. The van der Waals surface area contributed by atoms with E-state index in [0.29, 0.717) is 0 Å². The number of hydrogen-bond acceptors (Lipinski definition) is 4. The summed E-state index contributed by atoms with van der Waals surface area (Å²) in [4.78, 5) is 9.51. The summed E-state index contributed by atoms with van der Waals surface area (Å²) in [7, 11) is 0. The maximum atomic E-state index is 5.93. The third-order valence-electron chi connectivity index (χ3n) is 9.16. The van der Waals surface area contributed by atoms with Gasteiger partial charge in [-0.2, -0.15) is 0 Å². The second-order valence-electron chi connectivity index (χ2n) is 11.5. The molecule has 2 aromatic heterocycles. The summed E-state index contributed by atoms with van der Waals surface area (Å²) in [6.45, 7) is 12.3. The first kappa shape index (κ1) is 26.0. The zero-order valence-electron chi connectivity index (χ0n) is 23.9. The van der Waals surface area contributed by atoms with Gasteiger partial charge in [0, 0.05) is 34.4 Å². The van der Waals surface area contributed by atoms with E-state index in [1.807, 2.05) is 24.5 Å². The summed E-state index contributed by atoms with van der Waals surface area (Å²) >= 11 is 0. The van der Waals surface area contributed by atoms with E-state index in [4.69, 9.17) is 19.4 Å². The van der Waals surface area contributed by atoms with Gasteiger partial charge in [0.2, 0.25) is 0 Å². The van der Waals surface area contributed by atoms with Crippen LogP contribution in [0.15, 0.2) is 134 Å². The fourth-order valence-corrected chi connectivity index (χ4v) is 6.20. The maximum absolute atomic E-state index is 5.93. The number of pyridine rings is 2. The lowest BCUT2D eigenvalue weighted by molar-refractivity contribution is 0.338. The molecule has 4 heteroatoms. The molecule has 0 radical (unpaired) electrons. The Labute approximate surface area is 247 Å². The molecular formula is C38H32N2O2. The lowest BCUT2D eigenvalue weighted by Crippen LogP contribution is -2.48. The molecule has 4 heterocycles. The van der Waals surface area contributed by atoms with Gasteiger partial charge in [-0.15, -0.1) is 0 Å². The van der Waals surface area contributed by atoms with Crippen LogP contribution in [0.2, 0.25) is 0 Å². The minimum Gasteiger partial charge on any atom is -0.457 e. The Balaban J connectivity index is 1.19. The van der Waals surface area contributed by atoms with Crippen molar-refractivity contribution in [2.45, 2.75) is 37.5 Å². The Morgan fingerprint density at radius 1 is 0.643 bits per heavy atom. The van der Waals surface area contributed by atoms with E-state index >= 15 is 0 Å². The summed E-state index contributed by atoms with van der Waals surface area (Å²) < 4.78 is 11.9. The van der Waals surface area contributed by atoms with Crippen molar-refractivity contribution in [2.75, 3.05) is 0 Å². The van der Waals surface area contributed by atoms with E-state index in [1.165, 1.54) is 11.1 Å². The molecule has 42 heavy (non-hydrogen) atoms. The highest BCUT2D eigenvalue weighted by atomic mass is 16.5. The second-order valence-corrected chi connectivity index (χ2v) is 11.5. The van der Waals surface area contributed by atoms with Crippen molar-refractivity contribution in [1.29, 1.82) is 0 Å². The molecule has 3 aliphatic rings. The summed E-state index contributed by atoms with van der Waals surface area (Å²) in [5.41, 5.74) is 8.43. The Morgan fingerprint density at radius 3 is 1.50 bits per heavy atom. The molecule has 0 spiro atoms. The van der Waals surface area contributed by atoms with Crippen LogP contribution < -0.4 is 9.47 Å². The van der Waals surface area contributed by atoms with Crippen LogP contribution in [-0.2, 0) is 23.7 Å². The Hall–Kier alpha value is -4.96. The molecule has 7 rings (SSSR count). The predicted octanol–water partition coefficient (Wildman–Crippen LogP) is 8.61. The number of benzene rings is 2. The predicted molar refractivity (Wildman–Crippen MR) is 168 cm³/mol. The SMILES string of the molecule is C=CC1=CCc2cc(-c3cc(C4(C)C=CC4(C)c4ccnc(-c5ccc6c(c5)CC=C(C=C)O6)c4)ccn3)ccc2O1. The largest absolute Gasteiger partial charge is 0.457 e. The number of hydrogen-bond donors (Lipinski definition) is 0. The number of rotatable bonds is 6. The minimum absolute atomic E-state index is 0.211. The van der Waals surface area contributed by atoms with Crippen LogP contribution in [-0.4, -0.2) is 9.97 Å². The highest BCUT2D eigenvalue weighted by Crippen LogP contribution is 2.53. The number of nitrogens with zero attached hydrogens (tertiary/aromatic N) is 2. The van der Waals surface area contributed by atoms with Gasteiger partial charge in [-0.1, -0.05) is 39.2 Å². The average molecular weight is 549 g/mol. The van der Waals surface area contributed by atoms with Crippen LogP contribution in [0.3, 0.4) is 0 Å². The van der Waals surface area contributed by atoms with Gasteiger partial charge in [0.25, 0.3) is 0 Å². The summed E-state index contributed by atoms with van der Waals surface area (Å²) in [5.74, 6) is 3.37. The van der Waals surface area contributed by atoms with Gasteiger partial charge in [0.1, 0.15) is 23.0 Å². The number of fused-ring (bicyclic) bond motifs is 2. The van der Waals surface area contributed by atoms with Gasteiger partial charge in [-0.25, -0.2) is 0 Å². The molecule has 1 aliphatic carbocycles. The molecule has 0 amide bonds. The van der Waals surface area contributed by atoms with E-state index in [1.54, 1.807) is 12.2 Å². The molecule has 4 aromatic rings. The summed E-state index contributed by atoms with van der Waals surface area (Å²) in [5, 5.41) is 0. The molecule has 0 bridgehead atoms.